The second-order valence-electron chi connectivity index (χ2n) is 9.60. The highest BCUT2D eigenvalue weighted by molar-refractivity contribution is 6.34. The summed E-state index contributed by atoms with van der Waals surface area (Å²) in [5.41, 5.74) is 8.62. The first kappa shape index (κ1) is 18.4. The zero-order valence-electron chi connectivity index (χ0n) is 19.2. The quantitative estimate of drug-likeness (QED) is 0.246. The number of aromatic nitrogens is 2. The fraction of sp³-hybridized carbons (Fsp3) is 0. The molecule has 0 aliphatic heterocycles. The van der Waals surface area contributed by atoms with Gasteiger partial charge in [0.15, 0.2) is 0 Å². The zero-order valence-corrected chi connectivity index (χ0v) is 19.2. The van der Waals surface area contributed by atoms with Crippen LogP contribution in [0.4, 0.5) is 0 Å². The summed E-state index contributed by atoms with van der Waals surface area (Å²) in [5, 5.41) is 8.30. The van der Waals surface area contributed by atoms with Crippen LogP contribution in [0.3, 0.4) is 0 Å². The number of nitrogens with zero attached hydrogens (tertiary/aromatic N) is 2. The molecular weight excluding hydrogens is 440 g/mol. The van der Waals surface area contributed by atoms with Gasteiger partial charge in [0.1, 0.15) is 16.8 Å². The Morgan fingerprint density at radius 2 is 1.36 bits per heavy atom. The van der Waals surface area contributed by atoms with Gasteiger partial charge in [0.05, 0.1) is 16.6 Å². The molecule has 0 N–H and O–H groups in total. The molecule has 0 aliphatic carbocycles. The second kappa shape index (κ2) is 6.41. The Hall–Kier alpha value is -4.89. The Labute approximate surface area is 205 Å². The standard InChI is InChI=1S/C33H18N2O/c1-2-8-19(9-3-1)20-14-15-21-16-25-24-18-29-30(23-11-5-7-13-28(23)36-29)31-22-10-4-6-12-27(22)35(32(24)31)33(25)34-26(21)17-20/h1-18H. The molecule has 0 amide bonds. The molecule has 0 spiro atoms. The lowest BCUT2D eigenvalue weighted by atomic mass is 10.0. The van der Waals surface area contributed by atoms with Gasteiger partial charge >= 0.3 is 0 Å². The van der Waals surface area contributed by atoms with Crippen LogP contribution in [-0.2, 0) is 0 Å². The van der Waals surface area contributed by atoms with Gasteiger partial charge in [-0.1, -0.05) is 78.9 Å². The van der Waals surface area contributed by atoms with Crippen LogP contribution < -0.4 is 0 Å². The van der Waals surface area contributed by atoms with Crippen LogP contribution in [-0.4, -0.2) is 9.38 Å². The van der Waals surface area contributed by atoms with Gasteiger partial charge in [0, 0.05) is 37.7 Å². The van der Waals surface area contributed by atoms with E-state index in [9.17, 15) is 0 Å². The second-order valence-corrected chi connectivity index (χ2v) is 9.60. The van der Waals surface area contributed by atoms with Gasteiger partial charge in [0.25, 0.3) is 0 Å². The van der Waals surface area contributed by atoms with E-state index < -0.39 is 0 Å². The van der Waals surface area contributed by atoms with Gasteiger partial charge in [-0.25, -0.2) is 4.98 Å². The smallest absolute Gasteiger partial charge is 0.146 e. The third kappa shape index (κ3) is 2.21. The van der Waals surface area contributed by atoms with Gasteiger partial charge in [-0.3, -0.25) is 4.40 Å². The van der Waals surface area contributed by atoms with E-state index in [0.29, 0.717) is 0 Å². The molecule has 3 nitrogen and oxygen atoms in total. The third-order valence-electron chi connectivity index (χ3n) is 7.68. The fourth-order valence-corrected chi connectivity index (χ4v) is 6.13. The van der Waals surface area contributed by atoms with Crippen molar-refractivity contribution >= 4 is 71.1 Å². The lowest BCUT2D eigenvalue weighted by molar-refractivity contribution is 0.669. The largest absolute Gasteiger partial charge is 0.456 e. The van der Waals surface area contributed by atoms with Crippen molar-refractivity contribution in [3.63, 3.8) is 0 Å². The average Bonchev–Trinajstić information content (AvgIpc) is 3.57. The summed E-state index contributed by atoms with van der Waals surface area (Å²) in [6, 6.07) is 38.6. The molecular formula is C33H18N2O. The van der Waals surface area contributed by atoms with Crippen LogP contribution in [0, 0.1) is 0 Å². The molecule has 9 aromatic rings. The van der Waals surface area contributed by atoms with Gasteiger partial charge in [-0.05, 0) is 41.5 Å². The minimum Gasteiger partial charge on any atom is -0.456 e. The summed E-state index contributed by atoms with van der Waals surface area (Å²) < 4.78 is 8.73. The topological polar surface area (TPSA) is 30.4 Å². The van der Waals surface area contributed by atoms with Gasteiger partial charge in [-0.15, -0.1) is 0 Å². The van der Waals surface area contributed by atoms with E-state index in [1.165, 1.54) is 43.7 Å². The molecule has 0 aliphatic rings. The van der Waals surface area contributed by atoms with E-state index in [0.717, 1.165) is 38.5 Å². The van der Waals surface area contributed by atoms with Crippen molar-refractivity contribution in [2.75, 3.05) is 0 Å². The van der Waals surface area contributed by atoms with Crippen LogP contribution in [0.5, 0.6) is 0 Å². The van der Waals surface area contributed by atoms with Crippen LogP contribution >= 0.6 is 0 Å². The highest BCUT2D eigenvalue weighted by Crippen LogP contribution is 2.45. The van der Waals surface area contributed by atoms with Crippen molar-refractivity contribution in [3.8, 4) is 11.1 Å². The predicted molar refractivity (Wildman–Crippen MR) is 149 cm³/mol. The first-order chi connectivity index (χ1) is 17.8. The molecule has 0 unspecified atom stereocenters. The Balaban J connectivity index is 1.50. The number of hydrogen-bond donors (Lipinski definition) is 0. The number of benzene rings is 5. The van der Waals surface area contributed by atoms with E-state index in [2.05, 4.69) is 108 Å². The summed E-state index contributed by atoms with van der Waals surface area (Å²) in [6.07, 6.45) is 0. The van der Waals surface area contributed by atoms with E-state index >= 15 is 0 Å². The number of pyridine rings is 1. The van der Waals surface area contributed by atoms with Gasteiger partial charge in [0.2, 0.25) is 0 Å². The molecule has 0 radical (unpaired) electrons. The predicted octanol–water partition coefficient (Wildman–Crippen LogP) is 8.95. The van der Waals surface area contributed by atoms with E-state index in [1.807, 2.05) is 6.07 Å². The Bertz CT molecular complexity index is 2300. The van der Waals surface area contributed by atoms with Crippen LogP contribution in [0.15, 0.2) is 114 Å². The number of rotatable bonds is 1. The third-order valence-corrected chi connectivity index (χ3v) is 7.68. The van der Waals surface area contributed by atoms with Gasteiger partial charge < -0.3 is 4.42 Å². The maximum Gasteiger partial charge on any atom is 0.146 e. The lowest BCUT2D eigenvalue weighted by Crippen LogP contribution is -1.87. The Morgan fingerprint density at radius 1 is 0.556 bits per heavy atom. The summed E-state index contributed by atoms with van der Waals surface area (Å²) in [4.78, 5) is 5.27. The van der Waals surface area contributed by atoms with Crippen LogP contribution in [0.25, 0.3) is 82.2 Å². The first-order valence-electron chi connectivity index (χ1n) is 12.2. The maximum atomic E-state index is 6.38. The Morgan fingerprint density at radius 3 is 2.28 bits per heavy atom. The molecule has 4 aromatic heterocycles. The van der Waals surface area contributed by atoms with Crippen LogP contribution in [0.2, 0.25) is 0 Å². The number of hydrogen-bond acceptors (Lipinski definition) is 2. The summed E-state index contributed by atoms with van der Waals surface area (Å²) in [6.45, 7) is 0. The molecule has 0 atom stereocenters. The molecule has 166 valence electrons. The number of para-hydroxylation sites is 2. The van der Waals surface area contributed by atoms with Crippen LogP contribution in [0.1, 0.15) is 0 Å². The first-order valence-corrected chi connectivity index (χ1v) is 12.2. The molecule has 0 saturated heterocycles. The molecule has 9 rings (SSSR count). The molecule has 0 saturated carbocycles. The lowest BCUT2D eigenvalue weighted by Gasteiger charge is -2.05. The summed E-state index contributed by atoms with van der Waals surface area (Å²) in [7, 11) is 0. The molecule has 36 heavy (non-hydrogen) atoms. The van der Waals surface area contributed by atoms with Crippen molar-refractivity contribution in [2.24, 2.45) is 0 Å². The molecule has 0 bridgehead atoms. The fourth-order valence-electron chi connectivity index (χ4n) is 6.13. The number of furan rings is 1. The zero-order chi connectivity index (χ0) is 23.4. The minimum atomic E-state index is 0.925. The SMILES string of the molecule is c1ccc(-c2ccc3cc4c5cc6oc7ccccc7c6c6c7ccccc7n(c4nc3c2)c56)cc1. The summed E-state index contributed by atoms with van der Waals surface area (Å²) in [5.74, 6) is 0. The Kier molecular flexibility index (Phi) is 3.28. The minimum absolute atomic E-state index is 0.925. The van der Waals surface area contributed by atoms with E-state index in [4.69, 9.17) is 9.40 Å². The van der Waals surface area contributed by atoms with E-state index in [-0.39, 0.29) is 0 Å². The molecule has 5 aromatic carbocycles. The highest BCUT2D eigenvalue weighted by Gasteiger charge is 2.23. The van der Waals surface area contributed by atoms with Crippen molar-refractivity contribution in [3.05, 3.63) is 109 Å². The van der Waals surface area contributed by atoms with Gasteiger partial charge in [-0.2, -0.15) is 0 Å². The monoisotopic (exact) mass is 458 g/mol. The highest BCUT2D eigenvalue weighted by atomic mass is 16.3. The average molecular weight is 459 g/mol. The molecule has 4 heterocycles. The van der Waals surface area contributed by atoms with E-state index in [1.54, 1.807) is 0 Å². The van der Waals surface area contributed by atoms with Crippen molar-refractivity contribution in [1.29, 1.82) is 0 Å². The van der Waals surface area contributed by atoms with Crippen molar-refractivity contribution in [2.45, 2.75) is 0 Å². The van der Waals surface area contributed by atoms with Crippen molar-refractivity contribution in [1.82, 2.24) is 9.38 Å². The normalized spacial score (nSPS) is 12.4. The maximum absolute atomic E-state index is 6.38. The van der Waals surface area contributed by atoms with Crippen molar-refractivity contribution < 1.29 is 4.42 Å². The molecule has 3 heteroatoms. The number of fused-ring (bicyclic) bond motifs is 11. The summed E-state index contributed by atoms with van der Waals surface area (Å²) >= 11 is 0. The molecule has 0 fully saturated rings.